The van der Waals surface area contributed by atoms with Gasteiger partial charge >= 0.3 is 0 Å². The van der Waals surface area contributed by atoms with Crippen LogP contribution in [0.2, 0.25) is 5.02 Å². The van der Waals surface area contributed by atoms with Crippen molar-refractivity contribution in [2.45, 2.75) is 33.2 Å². The van der Waals surface area contributed by atoms with Crippen molar-refractivity contribution in [1.29, 1.82) is 0 Å². The Morgan fingerprint density at radius 1 is 1.24 bits per heavy atom. The molecule has 2 rings (SSSR count). The summed E-state index contributed by atoms with van der Waals surface area (Å²) in [5.41, 5.74) is 3.93. The fourth-order valence-corrected chi connectivity index (χ4v) is 2.72. The van der Waals surface area contributed by atoms with E-state index in [-0.39, 0.29) is 11.9 Å². The zero-order valence-corrected chi connectivity index (χ0v) is 13.3. The highest BCUT2D eigenvalue weighted by atomic mass is 35.5. The molecule has 0 saturated heterocycles. The number of likely N-dealkylation sites (N-methyl/N-ethyl adjacent to an activating group) is 1. The van der Waals surface area contributed by atoms with E-state index in [0.29, 0.717) is 11.4 Å². The first-order valence-electron chi connectivity index (χ1n) is 7.12. The van der Waals surface area contributed by atoms with Crippen molar-refractivity contribution in [3.05, 3.63) is 63.7 Å². The molecule has 21 heavy (non-hydrogen) atoms. The Kier molecular flexibility index (Phi) is 5.32. The Bertz CT molecular complexity index is 628. The molecule has 0 fully saturated rings. The molecule has 1 aromatic heterocycles. The molecule has 1 N–H and O–H groups in total. The molecule has 1 atom stereocenters. The van der Waals surface area contributed by atoms with Crippen LogP contribution < -0.4 is 5.32 Å². The number of nitrogens with zero attached hydrogens (tertiary/aromatic N) is 1. The van der Waals surface area contributed by atoms with Gasteiger partial charge in [-0.3, -0.25) is 4.98 Å². The average Bonchev–Trinajstić information content (AvgIpc) is 2.42. The lowest BCUT2D eigenvalue weighted by Gasteiger charge is -2.21. The molecule has 0 spiro atoms. The van der Waals surface area contributed by atoms with Crippen LogP contribution in [0.5, 0.6) is 0 Å². The van der Waals surface area contributed by atoms with Gasteiger partial charge in [-0.25, -0.2) is 4.39 Å². The van der Waals surface area contributed by atoms with E-state index in [0.717, 1.165) is 29.1 Å². The summed E-state index contributed by atoms with van der Waals surface area (Å²) >= 11 is 6.18. The van der Waals surface area contributed by atoms with Crippen LogP contribution in [0.4, 0.5) is 4.39 Å². The smallest absolute Gasteiger partial charge is 0.123 e. The van der Waals surface area contributed by atoms with Crippen molar-refractivity contribution in [1.82, 2.24) is 10.3 Å². The highest BCUT2D eigenvalue weighted by Gasteiger charge is 2.16. The van der Waals surface area contributed by atoms with Crippen LogP contribution in [-0.2, 0) is 6.42 Å². The van der Waals surface area contributed by atoms with Gasteiger partial charge in [-0.1, -0.05) is 24.6 Å². The van der Waals surface area contributed by atoms with E-state index in [1.165, 1.54) is 12.1 Å². The maximum absolute atomic E-state index is 13.4. The molecular weight excluding hydrogens is 287 g/mol. The van der Waals surface area contributed by atoms with Crippen molar-refractivity contribution in [2.75, 3.05) is 6.54 Å². The third-order valence-corrected chi connectivity index (χ3v) is 3.89. The van der Waals surface area contributed by atoms with Gasteiger partial charge in [-0.15, -0.1) is 0 Å². The van der Waals surface area contributed by atoms with Crippen LogP contribution in [0.1, 0.15) is 35.5 Å². The predicted octanol–water partition coefficient (Wildman–Crippen LogP) is 4.38. The largest absolute Gasteiger partial charge is 0.310 e. The minimum absolute atomic E-state index is 0.0717. The van der Waals surface area contributed by atoms with Crippen LogP contribution >= 0.6 is 11.6 Å². The Hall–Kier alpha value is -1.45. The highest BCUT2D eigenvalue weighted by Crippen LogP contribution is 2.25. The molecule has 2 nitrogen and oxygen atoms in total. The number of hydrogen-bond donors (Lipinski definition) is 1. The standard InChI is InChI=1S/C17H20ClFN2/c1-4-20-17(15-7-5-11(2)21-12(15)3)10-13-9-14(19)6-8-16(13)18/h5-9,17,20H,4,10H2,1-3H3. The van der Waals surface area contributed by atoms with Gasteiger partial charge in [-0.2, -0.15) is 0 Å². The molecule has 0 aliphatic heterocycles. The van der Waals surface area contributed by atoms with Gasteiger partial charge in [0.2, 0.25) is 0 Å². The molecule has 0 amide bonds. The number of pyridine rings is 1. The normalized spacial score (nSPS) is 12.4. The monoisotopic (exact) mass is 306 g/mol. The van der Waals surface area contributed by atoms with Crippen LogP contribution in [-0.4, -0.2) is 11.5 Å². The van der Waals surface area contributed by atoms with E-state index in [2.05, 4.69) is 23.3 Å². The second-order valence-corrected chi connectivity index (χ2v) is 5.58. The van der Waals surface area contributed by atoms with E-state index >= 15 is 0 Å². The summed E-state index contributed by atoms with van der Waals surface area (Å²) in [5.74, 6) is -0.261. The summed E-state index contributed by atoms with van der Waals surface area (Å²) in [6.45, 7) is 6.85. The minimum Gasteiger partial charge on any atom is -0.310 e. The second kappa shape index (κ2) is 7.01. The fourth-order valence-electron chi connectivity index (χ4n) is 2.52. The van der Waals surface area contributed by atoms with E-state index < -0.39 is 0 Å². The first-order valence-corrected chi connectivity index (χ1v) is 7.50. The van der Waals surface area contributed by atoms with Crippen molar-refractivity contribution < 1.29 is 4.39 Å². The first kappa shape index (κ1) is 15.9. The zero-order chi connectivity index (χ0) is 15.4. The Morgan fingerprint density at radius 2 is 2.00 bits per heavy atom. The number of aromatic nitrogens is 1. The van der Waals surface area contributed by atoms with Crippen molar-refractivity contribution >= 4 is 11.6 Å². The molecule has 2 aromatic rings. The van der Waals surface area contributed by atoms with Gasteiger partial charge in [0.05, 0.1) is 0 Å². The minimum atomic E-state index is -0.261. The predicted molar refractivity (Wildman–Crippen MR) is 85.2 cm³/mol. The van der Waals surface area contributed by atoms with Gasteiger partial charge in [0.25, 0.3) is 0 Å². The first-order chi connectivity index (χ1) is 10.0. The number of nitrogens with one attached hydrogen (secondary N) is 1. The molecule has 0 saturated carbocycles. The molecule has 4 heteroatoms. The highest BCUT2D eigenvalue weighted by molar-refractivity contribution is 6.31. The lowest BCUT2D eigenvalue weighted by atomic mass is 9.97. The van der Waals surface area contributed by atoms with Crippen molar-refractivity contribution in [2.24, 2.45) is 0 Å². The second-order valence-electron chi connectivity index (χ2n) is 5.18. The number of rotatable bonds is 5. The SMILES string of the molecule is CCNC(Cc1cc(F)ccc1Cl)c1ccc(C)nc1C. The molecule has 0 bridgehead atoms. The maximum atomic E-state index is 13.4. The third kappa shape index (κ3) is 4.02. The number of halogens is 2. The Balaban J connectivity index is 2.32. The Morgan fingerprint density at radius 3 is 2.67 bits per heavy atom. The Labute approximate surface area is 130 Å². The summed E-state index contributed by atoms with van der Waals surface area (Å²) in [7, 11) is 0. The quantitative estimate of drug-likeness (QED) is 0.886. The summed E-state index contributed by atoms with van der Waals surface area (Å²) in [4.78, 5) is 4.51. The van der Waals surface area contributed by atoms with Gasteiger partial charge in [0.15, 0.2) is 0 Å². The summed E-state index contributed by atoms with van der Waals surface area (Å²) in [6.07, 6.45) is 0.635. The van der Waals surface area contributed by atoms with Crippen LogP contribution in [0.15, 0.2) is 30.3 Å². The zero-order valence-electron chi connectivity index (χ0n) is 12.6. The molecule has 1 aromatic carbocycles. The van der Waals surface area contributed by atoms with E-state index in [1.54, 1.807) is 6.07 Å². The summed E-state index contributed by atoms with van der Waals surface area (Å²) in [5, 5.41) is 4.03. The third-order valence-electron chi connectivity index (χ3n) is 3.52. The lowest BCUT2D eigenvalue weighted by molar-refractivity contribution is 0.542. The van der Waals surface area contributed by atoms with Crippen molar-refractivity contribution in [3.8, 4) is 0 Å². The summed E-state index contributed by atoms with van der Waals surface area (Å²) in [6, 6.07) is 8.65. The number of benzene rings is 1. The average molecular weight is 307 g/mol. The molecular formula is C17H20ClFN2. The maximum Gasteiger partial charge on any atom is 0.123 e. The van der Waals surface area contributed by atoms with Crippen LogP contribution in [0, 0.1) is 19.7 Å². The van der Waals surface area contributed by atoms with E-state index in [4.69, 9.17) is 11.6 Å². The molecule has 0 aliphatic carbocycles. The lowest BCUT2D eigenvalue weighted by Crippen LogP contribution is -2.24. The van der Waals surface area contributed by atoms with Gasteiger partial charge in [-0.05, 0) is 62.2 Å². The molecule has 1 unspecified atom stereocenters. The number of hydrogen-bond acceptors (Lipinski definition) is 2. The van der Waals surface area contributed by atoms with E-state index in [9.17, 15) is 4.39 Å². The van der Waals surface area contributed by atoms with Gasteiger partial charge in [0.1, 0.15) is 5.82 Å². The molecule has 112 valence electrons. The van der Waals surface area contributed by atoms with Gasteiger partial charge in [0, 0.05) is 22.5 Å². The van der Waals surface area contributed by atoms with Crippen LogP contribution in [0.3, 0.4) is 0 Å². The van der Waals surface area contributed by atoms with Gasteiger partial charge < -0.3 is 5.32 Å². The topological polar surface area (TPSA) is 24.9 Å². The fraction of sp³-hybridized carbons (Fsp3) is 0.353. The molecule has 1 heterocycles. The summed E-state index contributed by atoms with van der Waals surface area (Å²) < 4.78 is 13.4. The number of aryl methyl sites for hydroxylation is 2. The van der Waals surface area contributed by atoms with E-state index in [1.807, 2.05) is 19.9 Å². The molecule has 0 radical (unpaired) electrons. The van der Waals surface area contributed by atoms with Crippen molar-refractivity contribution in [3.63, 3.8) is 0 Å². The molecule has 0 aliphatic rings. The van der Waals surface area contributed by atoms with Crippen LogP contribution in [0.25, 0.3) is 0 Å².